The number of hydrogen-bond acceptors (Lipinski definition) is 4. The van der Waals surface area contributed by atoms with E-state index in [1.807, 2.05) is 23.5 Å². The molecule has 0 N–H and O–H groups in total. The lowest BCUT2D eigenvalue weighted by atomic mass is 10.3. The number of hydrogen-bond donors (Lipinski definition) is 0. The number of thioether (sulfide) groups is 2. The van der Waals surface area contributed by atoms with Crippen molar-refractivity contribution in [1.82, 2.24) is 9.97 Å². The van der Waals surface area contributed by atoms with Crippen molar-refractivity contribution in [2.75, 3.05) is 0 Å². The summed E-state index contributed by atoms with van der Waals surface area (Å²) in [4.78, 5) is 9.26. The zero-order valence-electron chi connectivity index (χ0n) is 6.54. The predicted octanol–water partition coefficient (Wildman–Crippen LogP) is 1.97. The van der Waals surface area contributed by atoms with Crippen molar-refractivity contribution in [1.29, 1.82) is 0 Å². The minimum absolute atomic E-state index is 1.07. The second-order valence-electron chi connectivity index (χ2n) is 3.00. The number of fused-ring (bicyclic) bond motifs is 2. The van der Waals surface area contributed by atoms with E-state index in [0.29, 0.717) is 0 Å². The van der Waals surface area contributed by atoms with Gasteiger partial charge in [0.05, 0.1) is 22.8 Å². The summed E-state index contributed by atoms with van der Waals surface area (Å²) in [6, 6.07) is 0. The van der Waals surface area contributed by atoms with E-state index in [1.54, 1.807) is 0 Å². The summed E-state index contributed by atoms with van der Waals surface area (Å²) in [5.74, 6) is 4.28. The minimum Gasteiger partial charge on any atom is -0.252 e. The first-order valence-corrected chi connectivity index (χ1v) is 6.27. The smallest absolute Gasteiger partial charge is 0.0730 e. The normalized spacial score (nSPS) is 19.3. The summed E-state index contributed by atoms with van der Waals surface area (Å²) in [6.45, 7) is 0. The molecule has 2 aliphatic heterocycles. The Morgan fingerprint density at radius 2 is 1.00 bits per heavy atom. The Kier molecular flexibility index (Phi) is 1.58. The quantitative estimate of drug-likeness (QED) is 0.633. The van der Waals surface area contributed by atoms with Gasteiger partial charge in [-0.25, -0.2) is 0 Å². The van der Waals surface area contributed by atoms with Crippen LogP contribution >= 0.6 is 23.5 Å². The topological polar surface area (TPSA) is 25.8 Å². The van der Waals surface area contributed by atoms with Crippen LogP contribution < -0.4 is 0 Å². The molecule has 0 fully saturated rings. The van der Waals surface area contributed by atoms with E-state index in [4.69, 9.17) is 0 Å². The fourth-order valence-corrected chi connectivity index (χ4v) is 3.44. The van der Waals surface area contributed by atoms with Gasteiger partial charge >= 0.3 is 0 Å². The monoisotopic (exact) mass is 196 g/mol. The molecule has 12 heavy (non-hydrogen) atoms. The maximum absolute atomic E-state index is 4.63. The van der Waals surface area contributed by atoms with Crippen molar-refractivity contribution in [3.8, 4) is 0 Å². The third kappa shape index (κ3) is 0.977. The van der Waals surface area contributed by atoms with E-state index in [9.17, 15) is 0 Å². The number of rotatable bonds is 0. The zero-order chi connectivity index (χ0) is 7.97. The Morgan fingerprint density at radius 3 is 1.33 bits per heavy atom. The molecule has 0 saturated carbocycles. The van der Waals surface area contributed by atoms with Gasteiger partial charge in [0.25, 0.3) is 0 Å². The van der Waals surface area contributed by atoms with E-state index in [2.05, 4.69) is 9.97 Å². The summed E-state index contributed by atoms with van der Waals surface area (Å²) < 4.78 is 0. The van der Waals surface area contributed by atoms with E-state index < -0.39 is 0 Å². The third-order valence-electron chi connectivity index (χ3n) is 2.16. The molecule has 0 bridgehead atoms. The maximum atomic E-state index is 4.63. The van der Waals surface area contributed by atoms with Crippen LogP contribution in [0.5, 0.6) is 0 Å². The van der Waals surface area contributed by atoms with Crippen molar-refractivity contribution in [3.63, 3.8) is 0 Å². The SMILES string of the molecule is C1SCc2nc3c(nc21)CSC3. The molecule has 1 aromatic heterocycles. The zero-order valence-corrected chi connectivity index (χ0v) is 8.17. The molecule has 2 nitrogen and oxygen atoms in total. The highest BCUT2D eigenvalue weighted by Crippen LogP contribution is 2.32. The summed E-state index contributed by atoms with van der Waals surface area (Å²) in [6.07, 6.45) is 0. The van der Waals surface area contributed by atoms with Crippen LogP contribution in [-0.4, -0.2) is 9.97 Å². The van der Waals surface area contributed by atoms with Crippen LogP contribution in [0.15, 0.2) is 0 Å². The lowest BCUT2D eigenvalue weighted by Gasteiger charge is -2.00. The van der Waals surface area contributed by atoms with E-state index in [1.165, 1.54) is 22.8 Å². The standard InChI is InChI=1S/C8H8N2S2/c1-5-6(2-11-1)10-8-4-12-3-7(8)9-5/h1-4H2. The molecule has 0 saturated heterocycles. The molecule has 0 spiro atoms. The summed E-state index contributed by atoms with van der Waals surface area (Å²) in [7, 11) is 0. The lowest BCUT2D eigenvalue weighted by Crippen LogP contribution is -1.99. The highest BCUT2D eigenvalue weighted by atomic mass is 32.2. The van der Waals surface area contributed by atoms with Gasteiger partial charge in [-0.2, -0.15) is 0 Å². The molecule has 0 unspecified atom stereocenters. The summed E-state index contributed by atoms with van der Waals surface area (Å²) >= 11 is 3.85. The molecular formula is C8H8N2S2. The Labute approximate surface area is 79.6 Å². The molecule has 1 aromatic rings. The van der Waals surface area contributed by atoms with Crippen molar-refractivity contribution >= 4 is 23.5 Å². The minimum atomic E-state index is 1.07. The Balaban J connectivity index is 2.18. The molecule has 3 heterocycles. The van der Waals surface area contributed by atoms with Crippen LogP contribution in [0.4, 0.5) is 0 Å². The maximum Gasteiger partial charge on any atom is 0.0730 e. The Hall–Kier alpha value is -0.220. The van der Waals surface area contributed by atoms with Gasteiger partial charge in [0, 0.05) is 23.0 Å². The van der Waals surface area contributed by atoms with Crippen LogP contribution in [0.1, 0.15) is 22.8 Å². The van der Waals surface area contributed by atoms with Crippen LogP contribution in [-0.2, 0) is 23.0 Å². The van der Waals surface area contributed by atoms with Crippen LogP contribution in [0.3, 0.4) is 0 Å². The van der Waals surface area contributed by atoms with Crippen molar-refractivity contribution in [3.05, 3.63) is 22.8 Å². The van der Waals surface area contributed by atoms with Gasteiger partial charge in [0.2, 0.25) is 0 Å². The average molecular weight is 196 g/mol. The van der Waals surface area contributed by atoms with Gasteiger partial charge in [-0.1, -0.05) is 0 Å². The fourth-order valence-electron chi connectivity index (χ4n) is 1.54. The largest absolute Gasteiger partial charge is 0.252 e. The van der Waals surface area contributed by atoms with Gasteiger partial charge < -0.3 is 0 Å². The van der Waals surface area contributed by atoms with E-state index >= 15 is 0 Å². The first-order chi connectivity index (χ1) is 5.93. The molecule has 0 aromatic carbocycles. The van der Waals surface area contributed by atoms with Crippen molar-refractivity contribution in [2.45, 2.75) is 23.0 Å². The second kappa shape index (κ2) is 2.64. The Morgan fingerprint density at radius 1 is 0.667 bits per heavy atom. The fraction of sp³-hybridized carbons (Fsp3) is 0.500. The summed E-state index contributed by atoms with van der Waals surface area (Å²) in [5.41, 5.74) is 4.95. The lowest BCUT2D eigenvalue weighted by molar-refractivity contribution is 0.963. The Bertz CT molecular complexity index is 278. The third-order valence-corrected chi connectivity index (χ3v) is 4.07. The first-order valence-electron chi connectivity index (χ1n) is 3.96. The molecule has 2 aliphatic rings. The molecule has 0 aliphatic carbocycles. The van der Waals surface area contributed by atoms with Crippen molar-refractivity contribution < 1.29 is 0 Å². The molecular weight excluding hydrogens is 188 g/mol. The van der Waals surface area contributed by atoms with Gasteiger partial charge in [-0.3, -0.25) is 9.97 Å². The second-order valence-corrected chi connectivity index (χ2v) is 4.97. The van der Waals surface area contributed by atoms with E-state index in [-0.39, 0.29) is 0 Å². The van der Waals surface area contributed by atoms with Crippen LogP contribution in [0.2, 0.25) is 0 Å². The summed E-state index contributed by atoms with van der Waals surface area (Å²) in [5, 5.41) is 0. The van der Waals surface area contributed by atoms with Crippen LogP contribution in [0.25, 0.3) is 0 Å². The van der Waals surface area contributed by atoms with Crippen LogP contribution in [0, 0.1) is 0 Å². The highest BCUT2D eigenvalue weighted by Gasteiger charge is 2.21. The average Bonchev–Trinajstić information content (AvgIpc) is 2.64. The molecule has 0 atom stereocenters. The first kappa shape index (κ1) is 7.21. The number of aromatic nitrogens is 2. The highest BCUT2D eigenvalue weighted by molar-refractivity contribution is 7.98. The van der Waals surface area contributed by atoms with Gasteiger partial charge in [0.15, 0.2) is 0 Å². The van der Waals surface area contributed by atoms with Crippen molar-refractivity contribution in [2.24, 2.45) is 0 Å². The van der Waals surface area contributed by atoms with Gasteiger partial charge in [-0.15, -0.1) is 23.5 Å². The molecule has 3 rings (SSSR count). The molecule has 0 radical (unpaired) electrons. The predicted molar refractivity (Wildman–Crippen MR) is 52.0 cm³/mol. The van der Waals surface area contributed by atoms with E-state index in [0.717, 1.165) is 23.0 Å². The number of nitrogens with zero attached hydrogens (tertiary/aromatic N) is 2. The molecule has 62 valence electrons. The molecule has 4 heteroatoms. The van der Waals surface area contributed by atoms with Gasteiger partial charge in [0.1, 0.15) is 0 Å². The molecule has 0 amide bonds. The van der Waals surface area contributed by atoms with Gasteiger partial charge in [-0.05, 0) is 0 Å².